The molecule has 1 amide bonds. The molecule has 3 aromatic carbocycles. The van der Waals surface area contributed by atoms with Crippen molar-refractivity contribution in [2.75, 3.05) is 6.54 Å². The predicted octanol–water partition coefficient (Wildman–Crippen LogP) is 8.18. The van der Waals surface area contributed by atoms with E-state index in [4.69, 9.17) is 31.5 Å². The predicted molar refractivity (Wildman–Crippen MR) is 206 cm³/mol. The quantitative estimate of drug-likeness (QED) is 0.113. The molecule has 276 valence electrons. The molecule has 2 aromatic heterocycles. The molecule has 3 heterocycles. The Morgan fingerprint density at radius 2 is 1.75 bits per heavy atom. The van der Waals surface area contributed by atoms with Crippen molar-refractivity contribution in [1.82, 2.24) is 14.9 Å². The maximum absolute atomic E-state index is 14.5. The van der Waals surface area contributed by atoms with Crippen molar-refractivity contribution in [3.05, 3.63) is 116 Å². The van der Waals surface area contributed by atoms with Crippen molar-refractivity contribution < 1.29 is 23.5 Å². The third-order valence-electron chi connectivity index (χ3n) is 10.6. The van der Waals surface area contributed by atoms with Gasteiger partial charge in [-0.3, -0.25) is 14.4 Å². The maximum Gasteiger partial charge on any atom is 0.264 e. The second-order valence-corrected chi connectivity index (χ2v) is 16.0. The molecule has 0 spiro atoms. The third-order valence-corrected chi connectivity index (χ3v) is 12.0. The van der Waals surface area contributed by atoms with Crippen LogP contribution in [0.3, 0.4) is 0 Å². The number of ether oxygens (including phenoxy) is 1. The van der Waals surface area contributed by atoms with Crippen molar-refractivity contribution in [2.24, 2.45) is 11.7 Å². The van der Waals surface area contributed by atoms with Gasteiger partial charge in [0.25, 0.3) is 5.89 Å². The lowest BCUT2D eigenvalue weighted by Gasteiger charge is -2.25. The number of likely N-dealkylation sites (tertiary alicyclic amines) is 1. The van der Waals surface area contributed by atoms with Crippen LogP contribution in [0.4, 0.5) is 0 Å². The number of para-hydroxylation sites is 2. The lowest BCUT2D eigenvalue weighted by molar-refractivity contribution is -0.137. The monoisotopic (exact) mass is 752 g/mol. The first-order chi connectivity index (χ1) is 25.7. The number of thiazole rings is 1. The summed E-state index contributed by atoms with van der Waals surface area (Å²) in [6.07, 6.45) is 6.21. The van der Waals surface area contributed by atoms with E-state index < -0.39 is 12.0 Å². The van der Waals surface area contributed by atoms with Gasteiger partial charge in [-0.15, -0.1) is 11.3 Å². The molecule has 0 unspecified atom stereocenters. The van der Waals surface area contributed by atoms with E-state index in [-0.39, 0.29) is 55.3 Å². The van der Waals surface area contributed by atoms with E-state index >= 15 is 0 Å². The van der Waals surface area contributed by atoms with Gasteiger partial charge in [-0.2, -0.15) is 0 Å². The first-order valence-corrected chi connectivity index (χ1v) is 19.8. The minimum Gasteiger partial charge on any atom is -0.434 e. The minimum atomic E-state index is -0.770. The first kappa shape index (κ1) is 37.1. The smallest absolute Gasteiger partial charge is 0.264 e. The number of aryl methyl sites for hydroxylation is 1. The number of amides is 1. The number of hydrogen-bond donors (Lipinski definition) is 1. The second-order valence-electron chi connectivity index (χ2n) is 14.4. The van der Waals surface area contributed by atoms with Gasteiger partial charge in [0.2, 0.25) is 11.7 Å². The van der Waals surface area contributed by atoms with Gasteiger partial charge in [0, 0.05) is 47.7 Å². The average molecular weight is 753 g/mol. The van der Waals surface area contributed by atoms with E-state index in [0.717, 1.165) is 45.1 Å². The van der Waals surface area contributed by atoms with E-state index in [1.807, 2.05) is 67.6 Å². The fourth-order valence-corrected chi connectivity index (χ4v) is 8.87. The number of carbonyl (C=O) groups excluding carboxylic acids is 3. The minimum absolute atomic E-state index is 0.0321. The highest BCUT2D eigenvalue weighted by Crippen LogP contribution is 2.36. The van der Waals surface area contributed by atoms with Gasteiger partial charge in [-0.25, -0.2) is 9.97 Å². The largest absolute Gasteiger partial charge is 0.434 e. The number of halogens is 1. The first-order valence-electron chi connectivity index (χ1n) is 18.6. The molecule has 7 rings (SSSR count). The Labute approximate surface area is 318 Å². The number of rotatable bonds is 14. The SMILES string of the molecule is Cc1sc(C2CCCCC2)nc1CC(=O)N1C[C@H](OCc2ccc(Cl)cc2)C[C@H]1C(=O)C[C@@H](Cc1cccc(CN)c1)C(=O)c1nc2ccccc2o1. The summed E-state index contributed by atoms with van der Waals surface area (Å²) in [5.41, 5.74) is 10.5. The van der Waals surface area contributed by atoms with E-state index in [9.17, 15) is 14.4 Å². The summed E-state index contributed by atoms with van der Waals surface area (Å²) in [5, 5.41) is 1.75. The zero-order valence-corrected chi connectivity index (χ0v) is 31.5. The molecule has 2 fully saturated rings. The van der Waals surface area contributed by atoms with Crippen molar-refractivity contribution in [3.63, 3.8) is 0 Å². The van der Waals surface area contributed by atoms with Crippen molar-refractivity contribution in [1.29, 1.82) is 0 Å². The fourth-order valence-electron chi connectivity index (χ4n) is 7.63. The molecule has 0 bridgehead atoms. The van der Waals surface area contributed by atoms with Gasteiger partial charge in [-0.05, 0) is 67.1 Å². The molecular weight excluding hydrogens is 708 g/mol. The van der Waals surface area contributed by atoms with Crippen LogP contribution in [0, 0.1) is 12.8 Å². The second kappa shape index (κ2) is 16.8. The number of aromatic nitrogens is 2. The Balaban J connectivity index is 1.13. The summed E-state index contributed by atoms with van der Waals surface area (Å²) < 4.78 is 12.2. The number of benzene rings is 3. The molecule has 1 saturated heterocycles. The maximum atomic E-state index is 14.5. The standard InChI is InChI=1S/C42H45ClN4O5S/c1-26-35(46-42(53-26)30-10-3-2-4-11-30)22-39(49)47-24-33(51-25-27-14-16-32(43)17-15-27)21-36(47)37(48)20-31(19-28-8-7-9-29(18-28)23-44)40(50)41-45-34-12-5-6-13-38(34)52-41/h5-9,12-18,30-31,33,36H,2-4,10-11,19-25,44H2,1H3/t31-,33-,36+/m1/s1. The molecule has 0 radical (unpaired) electrons. The highest BCUT2D eigenvalue weighted by molar-refractivity contribution is 7.11. The Kier molecular flexibility index (Phi) is 11.8. The lowest BCUT2D eigenvalue weighted by Crippen LogP contribution is -2.42. The van der Waals surface area contributed by atoms with Gasteiger partial charge in [0.1, 0.15) is 5.52 Å². The number of hydrogen-bond acceptors (Lipinski definition) is 9. The molecule has 11 heteroatoms. The van der Waals surface area contributed by atoms with Crippen LogP contribution >= 0.6 is 22.9 Å². The Bertz CT molecular complexity index is 2040. The van der Waals surface area contributed by atoms with Crippen LogP contribution in [-0.4, -0.2) is 51.0 Å². The van der Waals surface area contributed by atoms with Crippen LogP contribution in [0.5, 0.6) is 0 Å². The summed E-state index contributed by atoms with van der Waals surface area (Å²) >= 11 is 7.78. The van der Waals surface area contributed by atoms with Crippen molar-refractivity contribution in [3.8, 4) is 0 Å². The van der Waals surface area contributed by atoms with Crippen LogP contribution in [-0.2, 0) is 40.3 Å². The number of fused-ring (bicyclic) bond motifs is 1. The van der Waals surface area contributed by atoms with Crippen LogP contribution in [0.25, 0.3) is 11.1 Å². The van der Waals surface area contributed by atoms with Gasteiger partial charge in [0.05, 0.1) is 35.9 Å². The third kappa shape index (κ3) is 8.95. The van der Waals surface area contributed by atoms with E-state index in [1.54, 1.807) is 28.4 Å². The average Bonchev–Trinajstić information content (AvgIpc) is 3.91. The van der Waals surface area contributed by atoms with Crippen molar-refractivity contribution >= 4 is 51.5 Å². The van der Waals surface area contributed by atoms with Gasteiger partial charge in [-0.1, -0.05) is 79.4 Å². The van der Waals surface area contributed by atoms with Gasteiger partial charge < -0.3 is 19.8 Å². The van der Waals surface area contributed by atoms with Gasteiger partial charge in [0.15, 0.2) is 11.4 Å². The topological polar surface area (TPSA) is 129 Å². The molecule has 1 saturated carbocycles. The number of carbonyl (C=O) groups is 3. The van der Waals surface area contributed by atoms with Gasteiger partial charge >= 0.3 is 0 Å². The van der Waals surface area contributed by atoms with Crippen molar-refractivity contribution in [2.45, 2.75) is 95.9 Å². The molecule has 5 aromatic rings. The summed E-state index contributed by atoms with van der Waals surface area (Å²) in [7, 11) is 0. The van der Waals surface area contributed by atoms with Crippen LogP contribution in [0.1, 0.15) is 93.8 Å². The summed E-state index contributed by atoms with van der Waals surface area (Å²) in [6, 6.07) is 21.6. The highest BCUT2D eigenvalue weighted by Gasteiger charge is 2.42. The zero-order chi connectivity index (χ0) is 36.9. The number of ketones is 2. The summed E-state index contributed by atoms with van der Waals surface area (Å²) in [6.45, 7) is 2.97. The van der Waals surface area contributed by atoms with E-state index in [1.165, 1.54) is 19.3 Å². The fraction of sp³-hybridized carbons (Fsp3) is 0.405. The highest BCUT2D eigenvalue weighted by atomic mass is 35.5. The molecule has 3 atom stereocenters. The van der Waals surface area contributed by atoms with E-state index in [0.29, 0.717) is 41.6 Å². The molecule has 2 N–H and O–H groups in total. The number of oxazole rings is 1. The Morgan fingerprint density at radius 1 is 0.981 bits per heavy atom. The summed E-state index contributed by atoms with van der Waals surface area (Å²) in [4.78, 5) is 55.0. The molecule has 9 nitrogen and oxygen atoms in total. The molecule has 2 aliphatic rings. The zero-order valence-electron chi connectivity index (χ0n) is 30.0. The lowest BCUT2D eigenvalue weighted by atomic mass is 9.87. The number of Topliss-reactive ketones (excluding diaryl/α,β-unsaturated/α-hetero) is 2. The normalized spacial score (nSPS) is 18.4. The number of nitrogens with two attached hydrogens (primary N) is 1. The molecular formula is C42H45ClN4O5S. The van der Waals surface area contributed by atoms with Crippen LogP contribution in [0.2, 0.25) is 5.02 Å². The molecule has 1 aliphatic heterocycles. The Hall–Kier alpha value is -4.22. The molecule has 53 heavy (non-hydrogen) atoms. The summed E-state index contributed by atoms with van der Waals surface area (Å²) in [5.74, 6) is -1.07. The Morgan fingerprint density at radius 3 is 2.53 bits per heavy atom. The molecule has 1 aliphatic carbocycles. The number of nitrogens with zero attached hydrogens (tertiary/aromatic N) is 3. The van der Waals surface area contributed by atoms with Crippen LogP contribution in [0.15, 0.2) is 77.2 Å². The van der Waals surface area contributed by atoms with Crippen LogP contribution < -0.4 is 5.73 Å². The van der Waals surface area contributed by atoms with E-state index in [2.05, 4.69) is 4.98 Å².